The first-order valence-electron chi connectivity index (χ1n) is 7.61. The van der Waals surface area contributed by atoms with Gasteiger partial charge in [-0.15, -0.1) is 0 Å². The Morgan fingerprint density at radius 2 is 1.71 bits per heavy atom. The van der Waals surface area contributed by atoms with Gasteiger partial charge in [0.1, 0.15) is 0 Å². The Hall–Kier alpha value is -2.03. The number of rotatable bonds is 5. The number of carbonyl (C=O) groups is 1. The van der Waals surface area contributed by atoms with Crippen LogP contribution in [0.3, 0.4) is 0 Å². The molecule has 112 valence electrons. The van der Waals surface area contributed by atoms with Crippen LogP contribution in [0.5, 0.6) is 0 Å². The lowest BCUT2D eigenvalue weighted by atomic mass is 10.1. The van der Waals surface area contributed by atoms with E-state index in [9.17, 15) is 4.79 Å². The van der Waals surface area contributed by atoms with Crippen molar-refractivity contribution in [2.75, 3.05) is 13.1 Å². The third-order valence-electron chi connectivity index (χ3n) is 3.46. The average molecular weight is 284 g/mol. The molecule has 21 heavy (non-hydrogen) atoms. The summed E-state index contributed by atoms with van der Waals surface area (Å²) in [5, 5.41) is 2.99. The van der Waals surface area contributed by atoms with Crippen molar-refractivity contribution in [3.05, 3.63) is 59.4 Å². The van der Waals surface area contributed by atoms with E-state index in [-0.39, 0.29) is 5.91 Å². The maximum absolute atomic E-state index is 12.1. The molecule has 0 fully saturated rings. The van der Waals surface area contributed by atoms with Gasteiger partial charge in [-0.2, -0.15) is 0 Å². The molecule has 1 amide bonds. The molecule has 1 aromatic rings. The van der Waals surface area contributed by atoms with Crippen LogP contribution in [0.4, 0.5) is 0 Å². The van der Waals surface area contributed by atoms with Crippen molar-refractivity contribution in [2.45, 2.75) is 33.1 Å². The standard InChI is InChI=1S/C18H24N2O/c1-15-12-16(2)14-17(13-15)18(21)19-8-7-11-20-9-5-3-4-6-10-20/h5-6,9-10,12-14H,3-4,7-8,11H2,1-2H3,(H,19,21). The summed E-state index contributed by atoms with van der Waals surface area (Å²) in [7, 11) is 0. The van der Waals surface area contributed by atoms with Gasteiger partial charge in [-0.25, -0.2) is 0 Å². The molecule has 0 saturated heterocycles. The van der Waals surface area contributed by atoms with Crippen LogP contribution in [-0.4, -0.2) is 23.9 Å². The second kappa shape index (κ2) is 7.67. The molecule has 1 aliphatic rings. The van der Waals surface area contributed by atoms with Crippen molar-refractivity contribution in [1.29, 1.82) is 0 Å². The van der Waals surface area contributed by atoms with Gasteiger partial charge in [-0.05, 0) is 57.6 Å². The minimum atomic E-state index is 0.0174. The Kier molecular flexibility index (Phi) is 5.61. The monoisotopic (exact) mass is 284 g/mol. The highest BCUT2D eigenvalue weighted by molar-refractivity contribution is 5.94. The van der Waals surface area contributed by atoms with Gasteiger partial charge in [-0.3, -0.25) is 4.79 Å². The number of nitrogens with zero attached hydrogens (tertiary/aromatic N) is 1. The molecule has 1 aromatic carbocycles. The molecule has 0 spiro atoms. The van der Waals surface area contributed by atoms with Crippen LogP contribution in [0, 0.1) is 13.8 Å². The Bertz CT molecular complexity index is 512. The quantitative estimate of drug-likeness (QED) is 0.839. The minimum Gasteiger partial charge on any atom is -0.355 e. The number of hydrogen-bond acceptors (Lipinski definition) is 2. The lowest BCUT2D eigenvalue weighted by Gasteiger charge is -2.14. The predicted octanol–water partition coefficient (Wildman–Crippen LogP) is 3.55. The molecule has 0 aliphatic carbocycles. The van der Waals surface area contributed by atoms with Crippen molar-refractivity contribution in [2.24, 2.45) is 0 Å². The van der Waals surface area contributed by atoms with Crippen LogP contribution in [0.15, 0.2) is 42.8 Å². The van der Waals surface area contributed by atoms with Crippen molar-refractivity contribution in [1.82, 2.24) is 10.2 Å². The first-order valence-corrected chi connectivity index (χ1v) is 7.61. The Morgan fingerprint density at radius 1 is 1.10 bits per heavy atom. The molecule has 0 unspecified atom stereocenters. The van der Waals surface area contributed by atoms with E-state index in [0.29, 0.717) is 6.54 Å². The fourth-order valence-corrected chi connectivity index (χ4v) is 2.48. The van der Waals surface area contributed by atoms with Gasteiger partial charge in [0, 0.05) is 18.7 Å². The van der Waals surface area contributed by atoms with E-state index in [1.54, 1.807) is 0 Å². The number of hydrogen-bond donors (Lipinski definition) is 1. The zero-order valence-electron chi connectivity index (χ0n) is 12.9. The number of allylic oxidation sites excluding steroid dienone is 2. The van der Waals surface area contributed by atoms with Crippen LogP contribution in [0.25, 0.3) is 0 Å². The normalized spacial score (nSPS) is 14.1. The second-order valence-electron chi connectivity index (χ2n) is 5.57. The summed E-state index contributed by atoms with van der Waals surface area (Å²) in [5.74, 6) is 0.0174. The van der Waals surface area contributed by atoms with Crippen LogP contribution < -0.4 is 5.32 Å². The maximum Gasteiger partial charge on any atom is 0.251 e. The highest BCUT2D eigenvalue weighted by Gasteiger charge is 2.06. The molecule has 0 aromatic heterocycles. The summed E-state index contributed by atoms with van der Waals surface area (Å²) in [5.41, 5.74) is 3.00. The van der Waals surface area contributed by atoms with Gasteiger partial charge in [0.15, 0.2) is 0 Å². The van der Waals surface area contributed by atoms with Gasteiger partial charge in [0.2, 0.25) is 0 Å². The van der Waals surface area contributed by atoms with E-state index in [1.165, 1.54) is 0 Å². The fraction of sp³-hybridized carbons (Fsp3) is 0.389. The number of nitrogens with one attached hydrogen (secondary N) is 1. The molecule has 1 aliphatic heterocycles. The van der Waals surface area contributed by atoms with Crippen molar-refractivity contribution >= 4 is 5.91 Å². The maximum atomic E-state index is 12.1. The highest BCUT2D eigenvalue weighted by atomic mass is 16.1. The van der Waals surface area contributed by atoms with E-state index in [2.05, 4.69) is 40.8 Å². The van der Waals surface area contributed by atoms with Gasteiger partial charge in [0.25, 0.3) is 5.91 Å². The van der Waals surface area contributed by atoms with Crippen LogP contribution in [-0.2, 0) is 0 Å². The molecule has 0 radical (unpaired) electrons. The van der Waals surface area contributed by atoms with Gasteiger partial charge in [-0.1, -0.05) is 29.3 Å². The molecule has 0 bridgehead atoms. The number of amides is 1. The number of benzene rings is 1. The van der Waals surface area contributed by atoms with Crippen molar-refractivity contribution < 1.29 is 4.79 Å². The lowest BCUT2D eigenvalue weighted by molar-refractivity contribution is 0.0952. The zero-order valence-corrected chi connectivity index (χ0v) is 12.9. The van der Waals surface area contributed by atoms with Crippen molar-refractivity contribution in [3.63, 3.8) is 0 Å². The Balaban J connectivity index is 1.76. The molecule has 3 heteroatoms. The SMILES string of the molecule is Cc1cc(C)cc(C(=O)NCCCN2C=CCCC=C2)c1. The molecule has 1 N–H and O–H groups in total. The summed E-state index contributed by atoms with van der Waals surface area (Å²) in [6.45, 7) is 5.66. The molecule has 0 saturated carbocycles. The van der Waals surface area contributed by atoms with E-state index >= 15 is 0 Å². The first kappa shape index (κ1) is 15.4. The molecule has 0 atom stereocenters. The van der Waals surface area contributed by atoms with Gasteiger partial charge < -0.3 is 10.2 Å². The van der Waals surface area contributed by atoms with Crippen LogP contribution in [0.2, 0.25) is 0 Å². The third-order valence-corrected chi connectivity index (χ3v) is 3.46. The highest BCUT2D eigenvalue weighted by Crippen LogP contribution is 2.09. The number of aryl methyl sites for hydroxylation is 2. The van der Waals surface area contributed by atoms with E-state index in [0.717, 1.165) is 42.5 Å². The van der Waals surface area contributed by atoms with E-state index in [4.69, 9.17) is 0 Å². The molecule has 1 heterocycles. The first-order chi connectivity index (χ1) is 10.1. The largest absolute Gasteiger partial charge is 0.355 e. The summed E-state index contributed by atoms with van der Waals surface area (Å²) in [6.07, 6.45) is 11.8. The van der Waals surface area contributed by atoms with Gasteiger partial charge in [0.05, 0.1) is 0 Å². The van der Waals surface area contributed by atoms with Crippen molar-refractivity contribution in [3.8, 4) is 0 Å². The van der Waals surface area contributed by atoms with E-state index < -0.39 is 0 Å². The Labute approximate surface area is 127 Å². The van der Waals surface area contributed by atoms with E-state index in [1.807, 2.05) is 26.0 Å². The predicted molar refractivity (Wildman–Crippen MR) is 87.1 cm³/mol. The zero-order chi connectivity index (χ0) is 15.1. The summed E-state index contributed by atoms with van der Waals surface area (Å²) < 4.78 is 0. The topological polar surface area (TPSA) is 32.3 Å². The second-order valence-corrected chi connectivity index (χ2v) is 5.57. The number of carbonyl (C=O) groups excluding carboxylic acids is 1. The average Bonchev–Trinajstić information content (AvgIpc) is 2.71. The Morgan fingerprint density at radius 3 is 2.33 bits per heavy atom. The summed E-state index contributed by atoms with van der Waals surface area (Å²) in [4.78, 5) is 14.3. The minimum absolute atomic E-state index is 0.0174. The fourth-order valence-electron chi connectivity index (χ4n) is 2.48. The third kappa shape index (κ3) is 5.10. The lowest BCUT2D eigenvalue weighted by Crippen LogP contribution is -2.26. The van der Waals surface area contributed by atoms with Crippen LogP contribution >= 0.6 is 0 Å². The molecular weight excluding hydrogens is 260 g/mol. The molecular formula is C18H24N2O. The molecule has 2 rings (SSSR count). The summed E-state index contributed by atoms with van der Waals surface area (Å²) >= 11 is 0. The molecule has 3 nitrogen and oxygen atoms in total. The smallest absolute Gasteiger partial charge is 0.251 e. The van der Waals surface area contributed by atoms with Gasteiger partial charge >= 0.3 is 0 Å². The summed E-state index contributed by atoms with van der Waals surface area (Å²) in [6, 6.07) is 5.94. The van der Waals surface area contributed by atoms with Crippen LogP contribution in [0.1, 0.15) is 40.7 Å².